The van der Waals surface area contributed by atoms with Gasteiger partial charge >= 0.3 is 5.97 Å². The lowest BCUT2D eigenvalue weighted by Gasteiger charge is -2.12. The molecule has 0 radical (unpaired) electrons. The fourth-order valence-electron chi connectivity index (χ4n) is 3.24. The summed E-state index contributed by atoms with van der Waals surface area (Å²) in [5.74, 6) is -0.648. The van der Waals surface area contributed by atoms with Crippen LogP contribution in [0.5, 0.6) is 0 Å². The summed E-state index contributed by atoms with van der Waals surface area (Å²) in [5.41, 5.74) is 7.19. The van der Waals surface area contributed by atoms with E-state index in [1.54, 1.807) is 36.5 Å². The maximum atomic E-state index is 12.3. The van der Waals surface area contributed by atoms with Crippen LogP contribution in [0.2, 0.25) is 0 Å². The number of halogens is 1. The van der Waals surface area contributed by atoms with Crippen LogP contribution < -0.4 is 5.43 Å². The highest BCUT2D eigenvalue weighted by Crippen LogP contribution is 2.21. The van der Waals surface area contributed by atoms with Crippen molar-refractivity contribution >= 4 is 34.0 Å². The second kappa shape index (κ2) is 9.75. The number of hydrogen-bond donors (Lipinski definition) is 1. The largest absolute Gasteiger partial charge is 0.459 e. The van der Waals surface area contributed by atoms with Crippen molar-refractivity contribution in [3.8, 4) is 5.69 Å². The molecule has 0 aliphatic carbocycles. The molecule has 0 fully saturated rings. The van der Waals surface area contributed by atoms with Crippen molar-refractivity contribution in [1.82, 2.24) is 9.99 Å². The highest BCUT2D eigenvalue weighted by Gasteiger charge is 2.14. The summed E-state index contributed by atoms with van der Waals surface area (Å²) < 4.78 is 8.04. The van der Waals surface area contributed by atoms with Gasteiger partial charge in [0.15, 0.2) is 0 Å². The van der Waals surface area contributed by atoms with Gasteiger partial charge in [0.05, 0.1) is 23.4 Å². The zero-order chi connectivity index (χ0) is 22.5. The Morgan fingerprint density at radius 2 is 1.84 bits per heavy atom. The Hall–Kier alpha value is -3.19. The lowest BCUT2D eigenvalue weighted by atomic mass is 10.2. The number of hydrazone groups is 1. The Kier molecular flexibility index (Phi) is 7.07. The number of carbonyl (C=O) groups excluding carboxylic acids is 2. The number of carbonyl (C=O) groups is 2. The van der Waals surface area contributed by atoms with Gasteiger partial charge in [-0.25, -0.2) is 10.2 Å². The number of aryl methyl sites for hydroxylation is 1. The minimum atomic E-state index is -0.351. The summed E-state index contributed by atoms with van der Waals surface area (Å²) in [6.45, 7) is 7.58. The van der Waals surface area contributed by atoms with Crippen molar-refractivity contribution in [2.75, 3.05) is 0 Å². The topological polar surface area (TPSA) is 72.7 Å². The van der Waals surface area contributed by atoms with Crippen LogP contribution >= 0.6 is 15.9 Å². The number of aromatic nitrogens is 1. The van der Waals surface area contributed by atoms with Gasteiger partial charge in [-0.3, -0.25) is 4.79 Å². The van der Waals surface area contributed by atoms with E-state index in [4.69, 9.17) is 4.74 Å². The number of amides is 1. The van der Waals surface area contributed by atoms with Crippen LogP contribution in [-0.2, 0) is 4.74 Å². The molecule has 160 valence electrons. The van der Waals surface area contributed by atoms with Crippen molar-refractivity contribution in [3.63, 3.8) is 0 Å². The van der Waals surface area contributed by atoms with E-state index < -0.39 is 0 Å². The molecule has 0 bridgehead atoms. The summed E-state index contributed by atoms with van der Waals surface area (Å²) in [6.07, 6.45) is 1.44. The van der Waals surface area contributed by atoms with E-state index in [1.807, 2.05) is 56.5 Å². The number of esters is 1. The van der Waals surface area contributed by atoms with Gasteiger partial charge in [-0.1, -0.05) is 18.2 Å². The van der Waals surface area contributed by atoms with Gasteiger partial charge in [0.2, 0.25) is 0 Å². The summed E-state index contributed by atoms with van der Waals surface area (Å²) in [7, 11) is 0. The van der Waals surface area contributed by atoms with Crippen LogP contribution in [0.4, 0.5) is 0 Å². The highest BCUT2D eigenvalue weighted by atomic mass is 79.9. The molecular formula is C24H24BrN3O3. The molecule has 0 spiro atoms. The second-order valence-corrected chi connectivity index (χ2v) is 8.20. The molecule has 0 atom stereocenters. The number of hydrogen-bond acceptors (Lipinski definition) is 4. The van der Waals surface area contributed by atoms with Crippen LogP contribution in [0.3, 0.4) is 0 Å². The van der Waals surface area contributed by atoms with Gasteiger partial charge in [-0.05, 0) is 80.0 Å². The van der Waals surface area contributed by atoms with Crippen LogP contribution in [-0.4, -0.2) is 28.8 Å². The lowest BCUT2D eigenvalue weighted by Crippen LogP contribution is -2.18. The van der Waals surface area contributed by atoms with E-state index in [0.717, 1.165) is 22.6 Å². The molecule has 0 unspecified atom stereocenters. The molecule has 1 amide bonds. The number of ether oxygens (including phenoxy) is 1. The van der Waals surface area contributed by atoms with Crippen LogP contribution in [0, 0.1) is 13.8 Å². The van der Waals surface area contributed by atoms with Crippen molar-refractivity contribution in [2.24, 2.45) is 5.10 Å². The molecule has 2 aromatic carbocycles. The minimum Gasteiger partial charge on any atom is -0.459 e. The van der Waals surface area contributed by atoms with Gasteiger partial charge in [-0.2, -0.15) is 5.10 Å². The predicted molar refractivity (Wildman–Crippen MR) is 125 cm³/mol. The molecule has 0 aliphatic rings. The fourth-order valence-corrected chi connectivity index (χ4v) is 3.70. The molecule has 0 saturated heterocycles. The number of benzene rings is 2. The Morgan fingerprint density at radius 1 is 1.10 bits per heavy atom. The third-order valence-corrected chi connectivity index (χ3v) is 5.33. The van der Waals surface area contributed by atoms with Gasteiger partial charge < -0.3 is 9.30 Å². The predicted octanol–water partition coefficient (Wildman–Crippen LogP) is 5.19. The maximum Gasteiger partial charge on any atom is 0.338 e. The fraction of sp³-hybridized carbons (Fsp3) is 0.208. The van der Waals surface area contributed by atoms with Crippen LogP contribution in [0.15, 0.2) is 64.2 Å². The van der Waals surface area contributed by atoms with Crippen molar-refractivity contribution in [1.29, 1.82) is 0 Å². The average Bonchev–Trinajstić information content (AvgIpc) is 3.01. The summed E-state index contributed by atoms with van der Waals surface area (Å²) in [4.78, 5) is 24.6. The van der Waals surface area contributed by atoms with E-state index in [-0.39, 0.29) is 18.0 Å². The van der Waals surface area contributed by atoms with E-state index in [0.29, 0.717) is 15.6 Å². The van der Waals surface area contributed by atoms with Crippen molar-refractivity contribution in [2.45, 2.75) is 33.8 Å². The quantitative estimate of drug-likeness (QED) is 0.299. The van der Waals surface area contributed by atoms with E-state index in [2.05, 4.69) is 26.5 Å². The first-order valence-electron chi connectivity index (χ1n) is 9.86. The monoisotopic (exact) mass is 481 g/mol. The molecule has 3 aromatic rings. The summed E-state index contributed by atoms with van der Waals surface area (Å²) in [6, 6.07) is 16.4. The minimum absolute atomic E-state index is 0.180. The first kappa shape index (κ1) is 22.5. The number of nitrogens with zero attached hydrogens (tertiary/aromatic N) is 2. The van der Waals surface area contributed by atoms with E-state index in [1.165, 1.54) is 0 Å². The zero-order valence-electron chi connectivity index (χ0n) is 17.8. The normalized spacial score (nSPS) is 11.2. The Morgan fingerprint density at radius 3 is 2.55 bits per heavy atom. The number of nitrogens with one attached hydrogen (secondary N) is 1. The van der Waals surface area contributed by atoms with Gasteiger partial charge in [-0.15, -0.1) is 0 Å². The lowest BCUT2D eigenvalue weighted by molar-refractivity contribution is 0.0377. The molecule has 3 rings (SSSR count). The molecule has 7 heteroatoms. The SMILES string of the molecule is Cc1cc(/C=N\NC(=O)c2ccccc2Br)c(C)n1-c1cccc(C(=O)OC(C)C)c1. The zero-order valence-corrected chi connectivity index (χ0v) is 19.4. The molecule has 6 nitrogen and oxygen atoms in total. The molecule has 1 N–H and O–H groups in total. The number of rotatable bonds is 6. The van der Waals surface area contributed by atoms with Gasteiger partial charge in [0, 0.05) is 27.1 Å². The Bertz CT molecular complexity index is 1150. The third kappa shape index (κ3) is 5.30. The van der Waals surface area contributed by atoms with Crippen molar-refractivity contribution < 1.29 is 14.3 Å². The van der Waals surface area contributed by atoms with Crippen LogP contribution in [0.1, 0.15) is 51.5 Å². The standard InChI is InChI=1S/C24H24BrN3O3/c1-15(2)31-24(30)18-8-7-9-20(13-18)28-16(3)12-19(17(28)4)14-26-27-23(29)21-10-5-6-11-22(21)25/h5-15H,1-4H3,(H,27,29)/b26-14-. The third-order valence-electron chi connectivity index (χ3n) is 4.64. The molecule has 0 saturated carbocycles. The van der Waals surface area contributed by atoms with E-state index >= 15 is 0 Å². The Balaban J connectivity index is 1.81. The van der Waals surface area contributed by atoms with Gasteiger partial charge in [0.25, 0.3) is 5.91 Å². The summed E-state index contributed by atoms with van der Waals surface area (Å²) >= 11 is 3.36. The van der Waals surface area contributed by atoms with E-state index in [9.17, 15) is 9.59 Å². The molecule has 31 heavy (non-hydrogen) atoms. The molecule has 1 heterocycles. The smallest absolute Gasteiger partial charge is 0.338 e. The van der Waals surface area contributed by atoms with Crippen molar-refractivity contribution in [3.05, 3.63) is 87.1 Å². The first-order valence-corrected chi connectivity index (χ1v) is 10.7. The molecule has 0 aliphatic heterocycles. The van der Waals surface area contributed by atoms with Crippen LogP contribution in [0.25, 0.3) is 5.69 Å². The molecule has 1 aromatic heterocycles. The summed E-state index contributed by atoms with van der Waals surface area (Å²) in [5, 5.41) is 4.11. The van der Waals surface area contributed by atoms with Gasteiger partial charge in [0.1, 0.15) is 0 Å². The molecular weight excluding hydrogens is 458 g/mol. The average molecular weight is 482 g/mol. The maximum absolute atomic E-state index is 12.3. The second-order valence-electron chi connectivity index (χ2n) is 7.35. The highest BCUT2D eigenvalue weighted by molar-refractivity contribution is 9.10. The first-order chi connectivity index (χ1) is 14.8. The Labute approximate surface area is 190 Å².